The molecule has 3 aromatic carbocycles. The zero-order valence-corrected chi connectivity index (χ0v) is 30.6. The number of hydrogen-bond acceptors (Lipinski definition) is 0. The number of halogens is 2. The van der Waals surface area contributed by atoms with Gasteiger partial charge in [0.2, 0.25) is 0 Å². The van der Waals surface area contributed by atoms with E-state index in [9.17, 15) is 0 Å². The third-order valence-electron chi connectivity index (χ3n) is 8.47. The van der Waals surface area contributed by atoms with Gasteiger partial charge in [-0.3, -0.25) is 0 Å². The van der Waals surface area contributed by atoms with Crippen molar-refractivity contribution in [3.05, 3.63) is 132 Å². The van der Waals surface area contributed by atoms with Crippen LogP contribution in [0.25, 0.3) is 11.1 Å². The van der Waals surface area contributed by atoms with Gasteiger partial charge in [-0.05, 0) is 0 Å². The summed E-state index contributed by atoms with van der Waals surface area (Å²) in [6, 6.07) is 26.2. The predicted molar refractivity (Wildman–Crippen MR) is 168 cm³/mol. The molecule has 0 radical (unpaired) electrons. The Labute approximate surface area is 268 Å². The maximum absolute atomic E-state index is 4.04. The Balaban J connectivity index is 0.00000231. The first-order valence-corrected chi connectivity index (χ1v) is 20.6. The van der Waals surface area contributed by atoms with E-state index >= 15 is 0 Å². The molecular weight excluding hydrogens is 706 g/mol. The van der Waals surface area contributed by atoms with Crippen molar-refractivity contribution in [2.24, 2.45) is 0 Å². The second-order valence-electron chi connectivity index (χ2n) is 13.3. The second-order valence-corrected chi connectivity index (χ2v) is 23.2. The van der Waals surface area contributed by atoms with Gasteiger partial charge >= 0.3 is 246 Å². The molecule has 0 saturated carbocycles. The molecule has 5 rings (SSSR count). The molecule has 0 unspecified atom stereocenters. The van der Waals surface area contributed by atoms with Gasteiger partial charge in [0.25, 0.3) is 0 Å². The van der Waals surface area contributed by atoms with E-state index in [1.807, 2.05) is 0 Å². The summed E-state index contributed by atoms with van der Waals surface area (Å²) in [5.74, 6) is 0. The number of benzene rings is 3. The summed E-state index contributed by atoms with van der Waals surface area (Å²) in [4.78, 5) is 0. The molecule has 0 N–H and O–H groups in total. The first kappa shape index (κ1) is 33.7. The maximum Gasteiger partial charge on any atom is -1.00 e. The Morgan fingerprint density at radius 3 is 1.73 bits per heavy atom. The SMILES string of the molecule is C=CCCC[C](c1ccccc1)=[Hf+2]([CH]1C=CC=C1)[CH]1c2cc(C(C)(C)C)ccc2-c2ccc(C(C)(C)C)cc21.[Cl-].[Cl-]. The van der Waals surface area contributed by atoms with Gasteiger partial charge in [-0.1, -0.05) is 0 Å². The van der Waals surface area contributed by atoms with Crippen molar-refractivity contribution < 1.29 is 45.8 Å². The van der Waals surface area contributed by atoms with Crippen LogP contribution in [0.5, 0.6) is 0 Å². The first-order chi connectivity index (χ1) is 18.6. The van der Waals surface area contributed by atoms with Gasteiger partial charge < -0.3 is 24.8 Å². The molecule has 0 spiro atoms. The van der Waals surface area contributed by atoms with Crippen molar-refractivity contribution in [1.29, 1.82) is 0 Å². The van der Waals surface area contributed by atoms with E-state index in [2.05, 4.69) is 145 Å². The standard InChI is InChI=1S/C21H25.C12H14.C5H5.2ClH.Hf/c1-20(2,3)16-7-9-18-14(12-16)11-15-13-17(21(4,5)6)8-10-19(15)18;1-2-3-4-6-9-12-10-7-5-8-11-12;1-2-4-5-3-1;;;/h7-13H,1-6H3;2,5,7-8,10-11H,1,3-4,6H2;1-5H;2*1H;/q;;;;;+2/p-2. The molecule has 0 fully saturated rings. The third-order valence-corrected chi connectivity index (χ3v) is 21.3. The van der Waals surface area contributed by atoms with Crippen LogP contribution in [0.2, 0.25) is 3.67 Å². The van der Waals surface area contributed by atoms with Crippen LogP contribution in [-0.2, 0) is 31.8 Å². The summed E-state index contributed by atoms with van der Waals surface area (Å²) in [7, 11) is 0. The number of unbranched alkanes of at least 4 members (excludes halogenated alkanes) is 1. The van der Waals surface area contributed by atoms with Gasteiger partial charge in [-0.15, -0.1) is 0 Å². The van der Waals surface area contributed by atoms with Crippen LogP contribution >= 0.6 is 0 Å². The van der Waals surface area contributed by atoms with Gasteiger partial charge in [0.15, 0.2) is 0 Å². The fraction of sp³-hybridized carbons (Fsp3) is 0.342. The van der Waals surface area contributed by atoms with Crippen LogP contribution in [0, 0.1) is 0 Å². The zero-order chi connectivity index (χ0) is 27.8. The molecule has 2 aliphatic carbocycles. The van der Waals surface area contributed by atoms with Crippen molar-refractivity contribution in [3.63, 3.8) is 0 Å². The van der Waals surface area contributed by atoms with E-state index in [1.54, 1.807) is 14.4 Å². The fourth-order valence-electron chi connectivity index (χ4n) is 6.25. The number of rotatable bonds is 7. The van der Waals surface area contributed by atoms with Gasteiger partial charge in [-0.25, -0.2) is 0 Å². The normalized spacial score (nSPS) is 14.6. The molecule has 0 bridgehead atoms. The van der Waals surface area contributed by atoms with Crippen LogP contribution in [0.1, 0.15) is 92.3 Å². The summed E-state index contributed by atoms with van der Waals surface area (Å²) in [6.07, 6.45) is 15.2. The summed E-state index contributed by atoms with van der Waals surface area (Å²) < 4.78 is 2.88. The van der Waals surface area contributed by atoms with E-state index in [0.717, 1.165) is 6.42 Å². The first-order valence-electron chi connectivity index (χ1n) is 14.6. The van der Waals surface area contributed by atoms with Crippen LogP contribution < -0.4 is 24.8 Å². The van der Waals surface area contributed by atoms with Gasteiger partial charge in [0.05, 0.1) is 0 Å². The van der Waals surface area contributed by atoms with E-state index in [0.29, 0.717) is 7.35 Å². The molecule has 0 amide bonds. The minimum atomic E-state index is -2.69. The van der Waals surface area contributed by atoms with Gasteiger partial charge in [0.1, 0.15) is 0 Å². The topological polar surface area (TPSA) is 0 Å². The smallest absolute Gasteiger partial charge is 1.00 e. The number of hydrogen-bond donors (Lipinski definition) is 0. The average Bonchev–Trinajstić information content (AvgIpc) is 3.54. The molecule has 41 heavy (non-hydrogen) atoms. The van der Waals surface area contributed by atoms with Crippen LogP contribution in [0.3, 0.4) is 0 Å². The Bertz CT molecular complexity index is 1390. The van der Waals surface area contributed by atoms with E-state index in [-0.39, 0.29) is 35.6 Å². The van der Waals surface area contributed by atoms with Gasteiger partial charge in [0, 0.05) is 0 Å². The Morgan fingerprint density at radius 2 is 1.27 bits per heavy atom. The van der Waals surface area contributed by atoms with E-state index < -0.39 is 21.0 Å². The minimum Gasteiger partial charge on any atom is -1.00 e. The second kappa shape index (κ2) is 13.7. The quantitative estimate of drug-likeness (QED) is 0.190. The maximum atomic E-state index is 4.04. The molecule has 0 heterocycles. The molecule has 0 saturated heterocycles. The molecule has 0 atom stereocenters. The number of fused-ring (bicyclic) bond motifs is 3. The fourth-order valence-corrected chi connectivity index (χ4v) is 20.2. The molecule has 3 heteroatoms. The predicted octanol–water partition coefficient (Wildman–Crippen LogP) is 4.47. The Hall–Kier alpha value is -1.80. The summed E-state index contributed by atoms with van der Waals surface area (Å²) in [5.41, 5.74) is 10.8. The number of allylic oxidation sites excluding steroid dienone is 5. The molecule has 0 aromatic heterocycles. The largest absolute Gasteiger partial charge is 1.00 e. The van der Waals surface area contributed by atoms with Crippen molar-refractivity contribution in [1.82, 2.24) is 0 Å². The van der Waals surface area contributed by atoms with Crippen molar-refractivity contribution in [3.8, 4) is 11.1 Å². The van der Waals surface area contributed by atoms with Crippen molar-refractivity contribution in [2.45, 2.75) is 79.0 Å². The van der Waals surface area contributed by atoms with Crippen LogP contribution in [0.15, 0.2) is 104 Å². The van der Waals surface area contributed by atoms with Crippen molar-refractivity contribution >= 4 is 3.26 Å². The zero-order valence-electron chi connectivity index (χ0n) is 25.5. The molecule has 214 valence electrons. The molecule has 0 nitrogen and oxygen atoms in total. The third kappa shape index (κ3) is 7.06. The van der Waals surface area contributed by atoms with Gasteiger partial charge in [-0.2, -0.15) is 0 Å². The summed E-state index contributed by atoms with van der Waals surface area (Å²) >= 11 is -2.69. The van der Waals surface area contributed by atoms with E-state index in [4.69, 9.17) is 0 Å². The van der Waals surface area contributed by atoms with Crippen molar-refractivity contribution in [2.75, 3.05) is 0 Å². The van der Waals surface area contributed by atoms with Crippen LogP contribution in [0.4, 0.5) is 0 Å². The minimum absolute atomic E-state index is 0. The summed E-state index contributed by atoms with van der Waals surface area (Å²) in [6.45, 7) is 18.1. The molecular formula is C38H44Cl2Hf. The van der Waals surface area contributed by atoms with Crippen LogP contribution in [-0.4, -0.2) is 3.26 Å². The molecule has 2 aliphatic rings. The van der Waals surface area contributed by atoms with E-state index in [1.165, 1.54) is 40.7 Å². The Kier molecular flexibility index (Phi) is 11.2. The monoisotopic (exact) mass is 750 g/mol. The molecule has 0 aliphatic heterocycles. The molecule has 3 aromatic rings. The average molecular weight is 750 g/mol. The Morgan fingerprint density at radius 1 is 0.756 bits per heavy atom. The summed E-state index contributed by atoms with van der Waals surface area (Å²) in [5, 5.41) is 0.